The standard InChI is InChI=1S/C11H26N2O2S/c1-9(2)5-6-16(14,15)13-11(8-12)7-10(3)4/h9-11,13H,5-8,12H2,1-4H3. The van der Waals surface area contributed by atoms with Gasteiger partial charge in [0.15, 0.2) is 0 Å². The first-order valence-corrected chi connectivity index (χ1v) is 7.62. The summed E-state index contributed by atoms with van der Waals surface area (Å²) in [6.07, 6.45) is 1.48. The van der Waals surface area contributed by atoms with E-state index in [2.05, 4.69) is 18.6 Å². The van der Waals surface area contributed by atoms with E-state index in [1.54, 1.807) is 0 Å². The molecule has 0 aromatic heterocycles. The molecular weight excluding hydrogens is 224 g/mol. The van der Waals surface area contributed by atoms with E-state index in [1.165, 1.54) is 0 Å². The summed E-state index contributed by atoms with van der Waals surface area (Å²) in [5, 5.41) is 0. The molecule has 0 saturated heterocycles. The molecule has 0 aromatic carbocycles. The molecule has 3 N–H and O–H groups in total. The third kappa shape index (κ3) is 8.07. The molecule has 0 amide bonds. The zero-order valence-electron chi connectivity index (χ0n) is 10.9. The molecule has 5 heteroatoms. The van der Waals surface area contributed by atoms with Crippen molar-refractivity contribution >= 4 is 10.0 Å². The second kappa shape index (κ2) is 7.25. The monoisotopic (exact) mass is 250 g/mol. The van der Waals surface area contributed by atoms with Gasteiger partial charge in [-0.05, 0) is 24.7 Å². The van der Waals surface area contributed by atoms with Crippen molar-refractivity contribution in [3.05, 3.63) is 0 Å². The molecule has 0 aliphatic rings. The van der Waals surface area contributed by atoms with Crippen molar-refractivity contribution in [1.82, 2.24) is 4.72 Å². The van der Waals surface area contributed by atoms with E-state index >= 15 is 0 Å². The van der Waals surface area contributed by atoms with E-state index in [-0.39, 0.29) is 11.8 Å². The molecule has 0 bridgehead atoms. The molecule has 16 heavy (non-hydrogen) atoms. The Bertz CT molecular complexity index is 274. The van der Waals surface area contributed by atoms with Crippen LogP contribution in [-0.4, -0.2) is 26.8 Å². The Labute approximate surface area is 100 Å². The minimum absolute atomic E-state index is 0.128. The summed E-state index contributed by atoms with van der Waals surface area (Å²) in [6.45, 7) is 8.52. The molecule has 98 valence electrons. The summed E-state index contributed by atoms with van der Waals surface area (Å²) in [5.41, 5.74) is 5.56. The van der Waals surface area contributed by atoms with Crippen LogP contribution in [-0.2, 0) is 10.0 Å². The first-order valence-electron chi connectivity index (χ1n) is 5.97. The van der Waals surface area contributed by atoms with Gasteiger partial charge in [0, 0.05) is 12.6 Å². The molecule has 0 fully saturated rings. The SMILES string of the molecule is CC(C)CCS(=O)(=O)NC(CN)CC(C)C. The summed E-state index contributed by atoms with van der Waals surface area (Å²) < 4.78 is 26.1. The summed E-state index contributed by atoms with van der Waals surface area (Å²) >= 11 is 0. The van der Waals surface area contributed by atoms with Crippen LogP contribution in [0.4, 0.5) is 0 Å². The second-order valence-electron chi connectivity index (χ2n) is 5.18. The number of nitrogens with one attached hydrogen (secondary N) is 1. The fourth-order valence-corrected chi connectivity index (χ4v) is 3.07. The highest BCUT2D eigenvalue weighted by molar-refractivity contribution is 7.89. The van der Waals surface area contributed by atoms with E-state index in [4.69, 9.17) is 5.73 Å². The van der Waals surface area contributed by atoms with E-state index in [0.717, 1.165) is 6.42 Å². The van der Waals surface area contributed by atoms with Crippen LogP contribution in [0, 0.1) is 11.8 Å². The summed E-state index contributed by atoms with van der Waals surface area (Å²) in [7, 11) is -3.16. The Balaban J connectivity index is 4.21. The lowest BCUT2D eigenvalue weighted by Gasteiger charge is -2.19. The quantitative estimate of drug-likeness (QED) is 0.682. The van der Waals surface area contributed by atoms with Crippen molar-refractivity contribution in [3.8, 4) is 0 Å². The first-order chi connectivity index (χ1) is 7.26. The van der Waals surface area contributed by atoms with Gasteiger partial charge in [-0.25, -0.2) is 13.1 Å². The molecule has 0 aliphatic carbocycles. The van der Waals surface area contributed by atoms with Crippen molar-refractivity contribution in [3.63, 3.8) is 0 Å². The lowest BCUT2D eigenvalue weighted by atomic mass is 10.1. The summed E-state index contributed by atoms with van der Waals surface area (Å²) in [4.78, 5) is 0. The van der Waals surface area contributed by atoms with Gasteiger partial charge in [0.05, 0.1) is 5.75 Å². The third-order valence-corrected chi connectivity index (χ3v) is 3.82. The van der Waals surface area contributed by atoms with E-state index in [0.29, 0.717) is 24.8 Å². The molecule has 0 aromatic rings. The van der Waals surface area contributed by atoms with Crippen molar-refractivity contribution in [2.75, 3.05) is 12.3 Å². The minimum atomic E-state index is -3.16. The summed E-state index contributed by atoms with van der Waals surface area (Å²) in [6, 6.07) is -0.128. The van der Waals surface area contributed by atoms with Crippen LogP contribution < -0.4 is 10.5 Å². The smallest absolute Gasteiger partial charge is 0.211 e. The fourth-order valence-electron chi connectivity index (χ4n) is 1.47. The zero-order chi connectivity index (χ0) is 12.8. The summed E-state index contributed by atoms with van der Waals surface area (Å²) in [5.74, 6) is 1.04. The van der Waals surface area contributed by atoms with Gasteiger partial charge in [-0.15, -0.1) is 0 Å². The minimum Gasteiger partial charge on any atom is -0.329 e. The van der Waals surface area contributed by atoms with Gasteiger partial charge in [0.25, 0.3) is 0 Å². The third-order valence-electron chi connectivity index (χ3n) is 2.35. The van der Waals surface area contributed by atoms with E-state index < -0.39 is 10.0 Å². The molecule has 0 rings (SSSR count). The highest BCUT2D eigenvalue weighted by atomic mass is 32.2. The normalized spacial score (nSPS) is 14.7. The second-order valence-corrected chi connectivity index (χ2v) is 7.05. The topological polar surface area (TPSA) is 72.2 Å². The van der Waals surface area contributed by atoms with E-state index in [9.17, 15) is 8.42 Å². The van der Waals surface area contributed by atoms with Gasteiger partial charge in [-0.2, -0.15) is 0 Å². The van der Waals surface area contributed by atoms with Crippen LogP contribution in [0.2, 0.25) is 0 Å². The maximum atomic E-state index is 11.7. The van der Waals surface area contributed by atoms with Gasteiger partial charge < -0.3 is 5.73 Å². The number of sulfonamides is 1. The van der Waals surface area contributed by atoms with Crippen LogP contribution in [0.25, 0.3) is 0 Å². The van der Waals surface area contributed by atoms with Gasteiger partial charge in [-0.1, -0.05) is 27.7 Å². The molecule has 0 aliphatic heterocycles. The average molecular weight is 250 g/mol. The Morgan fingerprint density at radius 2 is 1.69 bits per heavy atom. The molecule has 0 heterocycles. The molecule has 0 radical (unpaired) electrons. The first kappa shape index (κ1) is 15.9. The molecule has 0 spiro atoms. The highest BCUT2D eigenvalue weighted by Gasteiger charge is 2.17. The van der Waals surface area contributed by atoms with Crippen molar-refractivity contribution < 1.29 is 8.42 Å². The van der Waals surface area contributed by atoms with Crippen molar-refractivity contribution in [2.45, 2.75) is 46.6 Å². The highest BCUT2D eigenvalue weighted by Crippen LogP contribution is 2.07. The van der Waals surface area contributed by atoms with Crippen LogP contribution in [0.1, 0.15) is 40.5 Å². The van der Waals surface area contributed by atoms with Gasteiger partial charge in [0.1, 0.15) is 0 Å². The lowest BCUT2D eigenvalue weighted by molar-refractivity contribution is 0.463. The zero-order valence-corrected chi connectivity index (χ0v) is 11.7. The predicted molar refractivity (Wildman–Crippen MR) is 68.7 cm³/mol. The average Bonchev–Trinajstić information content (AvgIpc) is 2.13. The van der Waals surface area contributed by atoms with Crippen LogP contribution in [0.5, 0.6) is 0 Å². The Hall–Kier alpha value is -0.130. The van der Waals surface area contributed by atoms with Gasteiger partial charge >= 0.3 is 0 Å². The Morgan fingerprint density at radius 3 is 2.06 bits per heavy atom. The number of rotatable bonds is 8. The van der Waals surface area contributed by atoms with Gasteiger partial charge in [-0.3, -0.25) is 0 Å². The fraction of sp³-hybridized carbons (Fsp3) is 1.00. The number of hydrogen-bond acceptors (Lipinski definition) is 3. The molecular formula is C11H26N2O2S. The van der Waals surface area contributed by atoms with Crippen LogP contribution >= 0.6 is 0 Å². The maximum Gasteiger partial charge on any atom is 0.211 e. The number of nitrogens with two attached hydrogens (primary N) is 1. The van der Waals surface area contributed by atoms with Crippen LogP contribution in [0.3, 0.4) is 0 Å². The molecule has 4 nitrogen and oxygen atoms in total. The van der Waals surface area contributed by atoms with Crippen LogP contribution in [0.15, 0.2) is 0 Å². The predicted octanol–water partition coefficient (Wildman–Crippen LogP) is 1.33. The van der Waals surface area contributed by atoms with Gasteiger partial charge in [0.2, 0.25) is 10.0 Å². The Kier molecular flexibility index (Phi) is 7.19. The Morgan fingerprint density at radius 1 is 1.12 bits per heavy atom. The number of hydrogen-bond donors (Lipinski definition) is 2. The lowest BCUT2D eigenvalue weighted by Crippen LogP contribution is -2.42. The molecule has 0 saturated carbocycles. The molecule has 1 atom stereocenters. The van der Waals surface area contributed by atoms with E-state index in [1.807, 2.05) is 13.8 Å². The van der Waals surface area contributed by atoms with Crippen molar-refractivity contribution in [1.29, 1.82) is 0 Å². The molecule has 1 unspecified atom stereocenters. The van der Waals surface area contributed by atoms with Crippen molar-refractivity contribution in [2.24, 2.45) is 17.6 Å². The largest absolute Gasteiger partial charge is 0.329 e. The maximum absolute atomic E-state index is 11.7.